The number of rotatable bonds is 7. The van der Waals surface area contributed by atoms with Crippen LogP contribution in [0.1, 0.15) is 5.69 Å². The van der Waals surface area contributed by atoms with Crippen molar-refractivity contribution in [3.8, 4) is 0 Å². The van der Waals surface area contributed by atoms with Crippen LogP contribution < -0.4 is 10.9 Å². The van der Waals surface area contributed by atoms with Gasteiger partial charge in [-0.2, -0.15) is 0 Å². The van der Waals surface area contributed by atoms with Crippen molar-refractivity contribution in [2.24, 2.45) is 0 Å². The molecule has 9 heteroatoms. The summed E-state index contributed by atoms with van der Waals surface area (Å²) in [6.07, 6.45) is 1.81. The van der Waals surface area contributed by atoms with Crippen LogP contribution in [0.15, 0.2) is 70.5 Å². The summed E-state index contributed by atoms with van der Waals surface area (Å²) in [6.45, 7) is 0.269. The fourth-order valence-electron chi connectivity index (χ4n) is 2.64. The number of nitrogens with one attached hydrogen (secondary N) is 1. The minimum atomic E-state index is -0.234. The average Bonchev–Trinajstić information content (AvgIpc) is 3.31. The topological polar surface area (TPSA) is 81.8 Å². The second kappa shape index (κ2) is 8.41. The predicted molar refractivity (Wildman–Crippen MR) is 110 cm³/mol. The zero-order valence-electron chi connectivity index (χ0n) is 14.8. The van der Waals surface area contributed by atoms with Gasteiger partial charge in [0.25, 0.3) is 5.56 Å². The van der Waals surface area contributed by atoms with E-state index in [1.54, 1.807) is 22.5 Å². The number of benzene rings is 2. The van der Waals surface area contributed by atoms with Gasteiger partial charge in [-0.3, -0.25) is 13.5 Å². The molecule has 4 aromatic rings. The maximum Gasteiger partial charge on any atom is 0.268 e. The number of nitrogens with zero attached hydrogens (tertiary/aromatic N) is 4. The number of carbonyl (C=O) groups excluding carboxylic acids is 1. The Labute approximate surface area is 169 Å². The molecule has 142 valence electrons. The van der Waals surface area contributed by atoms with Gasteiger partial charge in [-0.05, 0) is 24.3 Å². The predicted octanol–water partition coefficient (Wildman–Crippen LogP) is 2.72. The van der Waals surface area contributed by atoms with E-state index in [0.717, 1.165) is 9.60 Å². The fraction of sp³-hybridized carbons (Fsp3) is 0.158. The van der Waals surface area contributed by atoms with Crippen LogP contribution in [-0.4, -0.2) is 24.9 Å². The standard InChI is InChI=1S/C19H17N5O2S2/c25-18(12-24-19(26)16-8-4-5-9-17(16)28-24)20-10-14-11-23(22-21-14)13-27-15-6-2-1-3-7-15/h1-9,11H,10,12-13H2,(H,20,25). The van der Waals surface area contributed by atoms with Gasteiger partial charge in [0.2, 0.25) is 5.91 Å². The number of aromatic nitrogens is 4. The molecule has 0 atom stereocenters. The monoisotopic (exact) mass is 411 g/mol. The van der Waals surface area contributed by atoms with Gasteiger partial charge in [-0.25, -0.2) is 4.68 Å². The molecule has 1 amide bonds. The third kappa shape index (κ3) is 4.32. The maximum absolute atomic E-state index is 12.3. The summed E-state index contributed by atoms with van der Waals surface area (Å²) in [6, 6.07) is 17.4. The molecule has 2 aromatic carbocycles. The molecule has 4 rings (SSSR count). The van der Waals surface area contributed by atoms with Crippen LogP contribution in [0.4, 0.5) is 0 Å². The third-order valence-electron chi connectivity index (χ3n) is 4.00. The van der Waals surface area contributed by atoms with Gasteiger partial charge in [-0.1, -0.05) is 47.1 Å². The van der Waals surface area contributed by atoms with E-state index < -0.39 is 0 Å². The lowest BCUT2D eigenvalue weighted by Crippen LogP contribution is -2.29. The van der Waals surface area contributed by atoms with Gasteiger partial charge in [0.15, 0.2) is 0 Å². The van der Waals surface area contributed by atoms with E-state index in [4.69, 9.17) is 0 Å². The van der Waals surface area contributed by atoms with Crippen molar-refractivity contribution in [3.05, 3.63) is 76.8 Å². The summed E-state index contributed by atoms with van der Waals surface area (Å²) >= 11 is 2.94. The first-order valence-corrected chi connectivity index (χ1v) is 10.4. The molecule has 2 aromatic heterocycles. The Balaban J connectivity index is 1.30. The number of fused-ring (bicyclic) bond motifs is 1. The molecule has 1 N–H and O–H groups in total. The second-order valence-electron chi connectivity index (χ2n) is 6.04. The highest BCUT2D eigenvalue weighted by atomic mass is 32.2. The van der Waals surface area contributed by atoms with Crippen LogP contribution in [-0.2, 0) is 23.8 Å². The lowest BCUT2D eigenvalue weighted by Gasteiger charge is -2.02. The zero-order chi connectivity index (χ0) is 19.3. The van der Waals surface area contributed by atoms with Crippen molar-refractivity contribution >= 4 is 39.3 Å². The molecule has 2 heterocycles. The van der Waals surface area contributed by atoms with E-state index in [1.165, 1.54) is 15.5 Å². The molecule has 7 nitrogen and oxygen atoms in total. The number of amides is 1. The van der Waals surface area contributed by atoms with E-state index >= 15 is 0 Å². The highest BCUT2D eigenvalue weighted by Gasteiger charge is 2.11. The van der Waals surface area contributed by atoms with Crippen LogP contribution >= 0.6 is 23.3 Å². The van der Waals surface area contributed by atoms with Crippen molar-refractivity contribution in [2.45, 2.75) is 23.9 Å². The van der Waals surface area contributed by atoms with E-state index in [-0.39, 0.29) is 24.6 Å². The minimum absolute atomic E-state index is 0.00379. The number of hydrogen-bond donors (Lipinski definition) is 1. The Morgan fingerprint density at radius 1 is 1.11 bits per heavy atom. The van der Waals surface area contributed by atoms with E-state index in [9.17, 15) is 9.59 Å². The largest absolute Gasteiger partial charge is 0.349 e. The van der Waals surface area contributed by atoms with Crippen LogP contribution in [0.3, 0.4) is 0 Å². The minimum Gasteiger partial charge on any atom is -0.349 e. The van der Waals surface area contributed by atoms with Crippen molar-refractivity contribution in [3.63, 3.8) is 0 Å². The van der Waals surface area contributed by atoms with Gasteiger partial charge in [0, 0.05) is 4.90 Å². The van der Waals surface area contributed by atoms with Gasteiger partial charge in [0.05, 0.1) is 28.7 Å². The zero-order valence-corrected chi connectivity index (χ0v) is 16.4. The fourth-order valence-corrected chi connectivity index (χ4v) is 4.39. The van der Waals surface area contributed by atoms with Gasteiger partial charge >= 0.3 is 0 Å². The summed E-state index contributed by atoms with van der Waals surface area (Å²) in [7, 11) is 0. The second-order valence-corrected chi connectivity index (χ2v) is 8.12. The lowest BCUT2D eigenvalue weighted by molar-refractivity contribution is -0.121. The van der Waals surface area contributed by atoms with Crippen molar-refractivity contribution in [2.75, 3.05) is 0 Å². The normalized spacial score (nSPS) is 11.0. The Bertz CT molecular complexity index is 1150. The Hall–Kier alpha value is -2.91. The smallest absolute Gasteiger partial charge is 0.268 e. The molecule has 0 bridgehead atoms. The van der Waals surface area contributed by atoms with E-state index in [0.29, 0.717) is 17.0 Å². The molecule has 0 radical (unpaired) electrons. The van der Waals surface area contributed by atoms with E-state index in [1.807, 2.05) is 54.7 Å². The van der Waals surface area contributed by atoms with Crippen molar-refractivity contribution in [1.29, 1.82) is 0 Å². The SMILES string of the molecule is O=C(Cn1sc2ccccc2c1=O)NCc1cn(CSc2ccccc2)nn1. The van der Waals surface area contributed by atoms with Crippen LogP contribution in [0, 0.1) is 0 Å². The third-order valence-corrected chi connectivity index (χ3v) is 6.07. The molecule has 0 saturated carbocycles. The first kappa shape index (κ1) is 18.5. The number of thioether (sulfide) groups is 1. The highest BCUT2D eigenvalue weighted by molar-refractivity contribution is 7.98. The summed E-state index contributed by atoms with van der Waals surface area (Å²) in [4.78, 5) is 25.7. The molecular weight excluding hydrogens is 394 g/mol. The molecule has 0 aliphatic rings. The average molecular weight is 412 g/mol. The maximum atomic E-state index is 12.3. The molecule has 0 spiro atoms. The van der Waals surface area contributed by atoms with Crippen LogP contribution in [0.2, 0.25) is 0 Å². The molecule has 0 aliphatic carbocycles. The number of hydrogen-bond acceptors (Lipinski definition) is 6. The van der Waals surface area contributed by atoms with Crippen LogP contribution in [0.25, 0.3) is 10.1 Å². The Morgan fingerprint density at radius 2 is 1.89 bits per heavy atom. The van der Waals surface area contributed by atoms with Gasteiger partial charge in [-0.15, -0.1) is 16.9 Å². The summed E-state index contributed by atoms with van der Waals surface area (Å²) in [5, 5.41) is 11.6. The van der Waals surface area contributed by atoms with Gasteiger partial charge in [0.1, 0.15) is 12.2 Å². The lowest BCUT2D eigenvalue weighted by atomic mass is 10.3. The Kier molecular flexibility index (Phi) is 5.54. The van der Waals surface area contributed by atoms with Crippen LogP contribution in [0.5, 0.6) is 0 Å². The molecule has 28 heavy (non-hydrogen) atoms. The summed E-state index contributed by atoms with van der Waals surface area (Å²) < 4.78 is 4.07. The number of carbonyl (C=O) groups is 1. The van der Waals surface area contributed by atoms with Crippen molar-refractivity contribution in [1.82, 2.24) is 24.3 Å². The highest BCUT2D eigenvalue weighted by Crippen LogP contribution is 2.18. The van der Waals surface area contributed by atoms with Gasteiger partial charge < -0.3 is 5.32 Å². The Morgan fingerprint density at radius 3 is 2.71 bits per heavy atom. The molecule has 0 fully saturated rings. The first-order chi connectivity index (χ1) is 13.7. The molecule has 0 unspecified atom stereocenters. The quantitative estimate of drug-likeness (QED) is 0.473. The van der Waals surface area contributed by atoms with E-state index in [2.05, 4.69) is 15.6 Å². The summed E-state index contributed by atoms with van der Waals surface area (Å²) in [5.41, 5.74) is 0.533. The molecule has 0 aliphatic heterocycles. The molecule has 0 saturated heterocycles. The first-order valence-electron chi connectivity index (χ1n) is 8.61. The van der Waals surface area contributed by atoms with Crippen molar-refractivity contribution < 1.29 is 4.79 Å². The summed E-state index contributed by atoms with van der Waals surface area (Å²) in [5.74, 6) is 0.407. The molecular formula is C19H17N5O2S2.